The minimum absolute atomic E-state index is 0. The first-order valence-corrected chi connectivity index (χ1v) is 6.84. The summed E-state index contributed by atoms with van der Waals surface area (Å²) in [6.07, 6.45) is 1.96. The summed E-state index contributed by atoms with van der Waals surface area (Å²) in [6, 6.07) is 8.10. The van der Waals surface area contributed by atoms with E-state index >= 15 is 0 Å². The van der Waals surface area contributed by atoms with Gasteiger partial charge in [-0.25, -0.2) is 4.79 Å². The summed E-state index contributed by atoms with van der Waals surface area (Å²) in [6.45, 7) is 2.25. The number of rotatable bonds is 3. The SMILES string of the molecule is Cl.O=c1n(CCO)c2ccccc2n1C1CCNCC1. The molecule has 1 aromatic heterocycles. The van der Waals surface area contributed by atoms with E-state index < -0.39 is 0 Å². The zero-order valence-corrected chi connectivity index (χ0v) is 12.1. The third kappa shape index (κ3) is 2.49. The zero-order chi connectivity index (χ0) is 13.2. The van der Waals surface area contributed by atoms with Crippen LogP contribution in [-0.2, 0) is 6.54 Å². The van der Waals surface area contributed by atoms with Gasteiger partial charge >= 0.3 is 5.69 Å². The number of aromatic nitrogens is 2. The zero-order valence-electron chi connectivity index (χ0n) is 11.3. The molecule has 0 radical (unpaired) electrons. The molecule has 0 atom stereocenters. The van der Waals surface area contributed by atoms with Gasteiger partial charge in [-0.2, -0.15) is 0 Å². The predicted octanol–water partition coefficient (Wildman–Crippen LogP) is 1.14. The van der Waals surface area contributed by atoms with E-state index in [1.807, 2.05) is 28.8 Å². The maximum atomic E-state index is 12.6. The summed E-state index contributed by atoms with van der Waals surface area (Å²) in [4.78, 5) is 12.6. The van der Waals surface area contributed by atoms with Crippen molar-refractivity contribution in [1.29, 1.82) is 0 Å². The quantitative estimate of drug-likeness (QED) is 0.893. The number of aliphatic hydroxyl groups is 1. The topological polar surface area (TPSA) is 59.2 Å². The number of benzene rings is 1. The molecule has 0 saturated carbocycles. The van der Waals surface area contributed by atoms with Crippen molar-refractivity contribution in [2.24, 2.45) is 0 Å². The van der Waals surface area contributed by atoms with E-state index in [-0.39, 0.29) is 30.7 Å². The molecule has 1 saturated heterocycles. The molecular weight excluding hydrogens is 278 g/mol. The first-order valence-electron chi connectivity index (χ1n) is 6.84. The highest BCUT2D eigenvalue weighted by atomic mass is 35.5. The van der Waals surface area contributed by atoms with Gasteiger partial charge in [0.25, 0.3) is 0 Å². The minimum Gasteiger partial charge on any atom is -0.395 e. The minimum atomic E-state index is -0.0138. The molecule has 110 valence electrons. The Hall–Kier alpha value is -1.30. The van der Waals surface area contributed by atoms with Gasteiger partial charge in [0.05, 0.1) is 24.2 Å². The summed E-state index contributed by atoms with van der Waals surface area (Å²) in [7, 11) is 0. The molecule has 0 aliphatic carbocycles. The number of aliphatic hydroxyl groups excluding tert-OH is 1. The average Bonchev–Trinajstić information content (AvgIpc) is 2.73. The van der Waals surface area contributed by atoms with E-state index in [1.165, 1.54) is 0 Å². The molecule has 0 amide bonds. The maximum Gasteiger partial charge on any atom is 0.329 e. The molecule has 1 aliphatic heterocycles. The van der Waals surface area contributed by atoms with Crippen LogP contribution in [0.4, 0.5) is 0 Å². The second-order valence-corrected chi connectivity index (χ2v) is 5.00. The fourth-order valence-electron chi connectivity index (χ4n) is 2.97. The maximum absolute atomic E-state index is 12.6. The number of halogens is 1. The van der Waals surface area contributed by atoms with Crippen molar-refractivity contribution in [3.05, 3.63) is 34.7 Å². The highest BCUT2D eigenvalue weighted by Crippen LogP contribution is 2.22. The molecule has 1 aromatic carbocycles. The summed E-state index contributed by atoms with van der Waals surface area (Å²) >= 11 is 0. The molecule has 2 aromatic rings. The van der Waals surface area contributed by atoms with Gasteiger partial charge < -0.3 is 10.4 Å². The molecule has 2 heterocycles. The number of para-hydroxylation sites is 2. The predicted molar refractivity (Wildman–Crippen MR) is 81.7 cm³/mol. The smallest absolute Gasteiger partial charge is 0.329 e. The first kappa shape index (κ1) is 15.1. The van der Waals surface area contributed by atoms with Gasteiger partial charge in [0.2, 0.25) is 0 Å². The number of hydrogen-bond donors (Lipinski definition) is 2. The highest BCUT2D eigenvalue weighted by Gasteiger charge is 2.21. The Bertz CT molecular complexity index is 629. The molecule has 0 unspecified atom stereocenters. The number of hydrogen-bond acceptors (Lipinski definition) is 3. The van der Waals surface area contributed by atoms with Crippen LogP contribution >= 0.6 is 12.4 Å². The van der Waals surface area contributed by atoms with Crippen LogP contribution in [0.5, 0.6) is 0 Å². The van der Waals surface area contributed by atoms with Crippen molar-refractivity contribution >= 4 is 23.4 Å². The van der Waals surface area contributed by atoms with Crippen LogP contribution in [-0.4, -0.2) is 33.9 Å². The Morgan fingerprint density at radius 3 is 2.50 bits per heavy atom. The summed E-state index contributed by atoms with van der Waals surface area (Å²) < 4.78 is 3.59. The van der Waals surface area contributed by atoms with Crippen LogP contribution in [0.3, 0.4) is 0 Å². The molecule has 20 heavy (non-hydrogen) atoms. The van der Waals surface area contributed by atoms with Gasteiger partial charge in [0.15, 0.2) is 0 Å². The molecule has 1 aliphatic rings. The third-order valence-electron chi connectivity index (χ3n) is 3.87. The van der Waals surface area contributed by atoms with Gasteiger partial charge in [0.1, 0.15) is 0 Å². The van der Waals surface area contributed by atoms with E-state index in [0.29, 0.717) is 6.54 Å². The van der Waals surface area contributed by atoms with Crippen molar-refractivity contribution in [3.8, 4) is 0 Å². The standard InChI is InChI=1S/C14H19N3O2.ClH/c18-10-9-16-12-3-1-2-4-13(12)17(14(16)19)11-5-7-15-8-6-11;/h1-4,11,15,18H,5-10H2;1H. The van der Waals surface area contributed by atoms with Crippen molar-refractivity contribution in [2.45, 2.75) is 25.4 Å². The van der Waals surface area contributed by atoms with Crippen molar-refractivity contribution in [2.75, 3.05) is 19.7 Å². The van der Waals surface area contributed by atoms with Gasteiger partial charge in [-0.05, 0) is 38.1 Å². The lowest BCUT2D eigenvalue weighted by Gasteiger charge is -2.23. The van der Waals surface area contributed by atoms with E-state index in [1.54, 1.807) is 4.57 Å². The largest absolute Gasteiger partial charge is 0.395 e. The van der Waals surface area contributed by atoms with E-state index in [9.17, 15) is 4.79 Å². The summed E-state index contributed by atoms with van der Waals surface area (Å²) in [5.41, 5.74) is 1.90. The Morgan fingerprint density at radius 1 is 1.20 bits per heavy atom. The lowest BCUT2D eigenvalue weighted by atomic mass is 10.1. The number of fused-ring (bicyclic) bond motifs is 1. The lowest BCUT2D eigenvalue weighted by Crippen LogP contribution is -2.35. The normalized spacial score (nSPS) is 16.2. The second-order valence-electron chi connectivity index (χ2n) is 5.00. The van der Waals surface area contributed by atoms with E-state index in [2.05, 4.69) is 5.32 Å². The molecule has 0 spiro atoms. The Morgan fingerprint density at radius 2 is 1.85 bits per heavy atom. The van der Waals surface area contributed by atoms with Gasteiger partial charge in [0, 0.05) is 6.04 Å². The van der Waals surface area contributed by atoms with E-state index in [4.69, 9.17) is 5.11 Å². The first-order chi connectivity index (χ1) is 9.33. The average molecular weight is 298 g/mol. The number of piperidine rings is 1. The molecule has 3 rings (SSSR count). The van der Waals surface area contributed by atoms with Crippen molar-refractivity contribution in [1.82, 2.24) is 14.5 Å². The van der Waals surface area contributed by atoms with Crippen LogP contribution in [0, 0.1) is 0 Å². The summed E-state index contributed by atoms with van der Waals surface area (Å²) in [5, 5.41) is 12.5. The number of nitrogens with one attached hydrogen (secondary N) is 1. The fourth-order valence-corrected chi connectivity index (χ4v) is 2.97. The molecule has 2 N–H and O–H groups in total. The van der Waals surface area contributed by atoms with Crippen molar-refractivity contribution < 1.29 is 5.11 Å². The third-order valence-corrected chi connectivity index (χ3v) is 3.87. The monoisotopic (exact) mass is 297 g/mol. The van der Waals surface area contributed by atoms with Gasteiger partial charge in [-0.1, -0.05) is 12.1 Å². The fraction of sp³-hybridized carbons (Fsp3) is 0.500. The van der Waals surface area contributed by atoms with Crippen LogP contribution in [0.1, 0.15) is 18.9 Å². The van der Waals surface area contributed by atoms with Crippen LogP contribution in [0.25, 0.3) is 11.0 Å². The van der Waals surface area contributed by atoms with Gasteiger partial charge in [-0.15, -0.1) is 12.4 Å². The van der Waals surface area contributed by atoms with Crippen molar-refractivity contribution in [3.63, 3.8) is 0 Å². The molecule has 1 fully saturated rings. The summed E-state index contributed by atoms with van der Waals surface area (Å²) in [5.74, 6) is 0. The molecule has 5 nitrogen and oxygen atoms in total. The molecular formula is C14H20ClN3O2. The number of nitrogens with zero attached hydrogens (tertiary/aromatic N) is 2. The van der Waals surface area contributed by atoms with E-state index in [0.717, 1.165) is 37.0 Å². The van der Waals surface area contributed by atoms with Crippen LogP contribution in [0.15, 0.2) is 29.1 Å². The Labute approximate surface area is 123 Å². The lowest BCUT2D eigenvalue weighted by molar-refractivity contribution is 0.274. The Kier molecular flexibility index (Phi) is 4.86. The Balaban J connectivity index is 0.00000147. The highest BCUT2D eigenvalue weighted by molar-refractivity contribution is 5.85. The second kappa shape index (κ2) is 6.43. The number of imidazole rings is 1. The van der Waals surface area contributed by atoms with Crippen LogP contribution < -0.4 is 11.0 Å². The van der Waals surface area contributed by atoms with Crippen LogP contribution in [0.2, 0.25) is 0 Å². The van der Waals surface area contributed by atoms with Gasteiger partial charge in [-0.3, -0.25) is 9.13 Å². The molecule has 0 bridgehead atoms. The molecule has 6 heteroatoms.